The first kappa shape index (κ1) is 7.70. The summed E-state index contributed by atoms with van der Waals surface area (Å²) < 4.78 is 0. The van der Waals surface area contributed by atoms with Crippen molar-refractivity contribution < 1.29 is 4.79 Å². The summed E-state index contributed by atoms with van der Waals surface area (Å²) in [4.78, 5) is 14.3. The summed E-state index contributed by atoms with van der Waals surface area (Å²) in [6.45, 7) is 0. The highest BCUT2D eigenvalue weighted by Crippen LogP contribution is 2.04. The minimum Gasteiger partial charge on any atom is -0.277 e. The number of hydrogen-bond donors (Lipinski definition) is 0. The van der Waals surface area contributed by atoms with Crippen molar-refractivity contribution in [2.75, 3.05) is 0 Å². The van der Waals surface area contributed by atoms with Crippen LogP contribution in [0.15, 0.2) is 18.3 Å². The van der Waals surface area contributed by atoms with Gasteiger partial charge in [-0.15, -0.1) is 0 Å². The highest BCUT2D eigenvalue weighted by molar-refractivity contribution is 6.29. The monoisotopic (exact) mass is 166 g/mol. The third-order valence-electron chi connectivity index (χ3n) is 1.09. The lowest BCUT2D eigenvalue weighted by Gasteiger charge is -1.90. The lowest BCUT2D eigenvalue weighted by Crippen LogP contribution is -1.94. The van der Waals surface area contributed by atoms with E-state index >= 15 is 0 Å². The molecule has 0 saturated heterocycles. The lowest BCUT2D eigenvalue weighted by atomic mass is 10.2. The van der Waals surface area contributed by atoms with Crippen molar-refractivity contribution in [2.24, 2.45) is 0 Å². The van der Waals surface area contributed by atoms with Gasteiger partial charge in [0, 0.05) is 6.20 Å². The largest absolute Gasteiger partial charge is 0.277 e. The molecule has 0 aliphatic heterocycles. The third-order valence-corrected chi connectivity index (χ3v) is 1.31. The molecule has 54 valence electrons. The Hall–Kier alpha value is -1.40. The molecule has 0 radical (unpaired) electrons. The van der Waals surface area contributed by atoms with Crippen molar-refractivity contribution in [2.45, 2.75) is 0 Å². The predicted octanol–water partition coefficient (Wildman–Crippen LogP) is 1.44. The predicted molar refractivity (Wildman–Crippen MR) is 39.2 cm³/mol. The van der Waals surface area contributed by atoms with Gasteiger partial charge in [-0.1, -0.05) is 11.6 Å². The van der Waals surface area contributed by atoms with Gasteiger partial charge in [0.25, 0.3) is 5.78 Å². The fraction of sp³-hybridized carbons (Fsp3) is 0. The summed E-state index contributed by atoms with van der Waals surface area (Å²) in [5.41, 5.74) is 0.261. The number of nitriles is 1. The average molecular weight is 167 g/mol. The number of aromatic nitrogens is 1. The van der Waals surface area contributed by atoms with E-state index in [1.54, 1.807) is 0 Å². The Morgan fingerprint density at radius 3 is 2.82 bits per heavy atom. The number of ketones is 1. The smallest absolute Gasteiger partial charge is 0.263 e. The number of carbonyl (C=O) groups excluding carboxylic acids is 1. The van der Waals surface area contributed by atoms with E-state index in [-0.39, 0.29) is 5.56 Å². The van der Waals surface area contributed by atoms with E-state index in [0.717, 1.165) is 0 Å². The molecule has 4 heteroatoms. The molecular weight excluding hydrogens is 164 g/mol. The van der Waals surface area contributed by atoms with E-state index in [1.165, 1.54) is 24.4 Å². The molecule has 1 aromatic heterocycles. The van der Waals surface area contributed by atoms with Gasteiger partial charge in [-0.05, 0) is 12.1 Å². The summed E-state index contributed by atoms with van der Waals surface area (Å²) in [5.74, 6) is -0.603. The van der Waals surface area contributed by atoms with Gasteiger partial charge in [0.2, 0.25) is 0 Å². The van der Waals surface area contributed by atoms with Crippen LogP contribution in [-0.2, 0) is 0 Å². The molecule has 0 N–H and O–H groups in total. The summed E-state index contributed by atoms with van der Waals surface area (Å²) in [6.07, 6.45) is 1.27. The maximum absolute atomic E-state index is 10.7. The Labute approximate surface area is 68.2 Å². The molecule has 0 saturated carbocycles. The zero-order chi connectivity index (χ0) is 8.27. The number of carbonyl (C=O) groups is 1. The van der Waals surface area contributed by atoms with Crippen LogP contribution < -0.4 is 0 Å². The molecule has 0 fully saturated rings. The van der Waals surface area contributed by atoms with E-state index in [4.69, 9.17) is 16.9 Å². The zero-order valence-electron chi connectivity index (χ0n) is 5.41. The van der Waals surface area contributed by atoms with Gasteiger partial charge in [-0.3, -0.25) is 4.79 Å². The minimum atomic E-state index is -0.603. The molecule has 11 heavy (non-hydrogen) atoms. The average Bonchev–Trinajstić information content (AvgIpc) is 2.05. The summed E-state index contributed by atoms with van der Waals surface area (Å²) >= 11 is 5.45. The van der Waals surface area contributed by atoms with Crippen molar-refractivity contribution in [3.63, 3.8) is 0 Å². The second-order valence-corrected chi connectivity index (χ2v) is 2.20. The number of hydrogen-bond acceptors (Lipinski definition) is 3. The van der Waals surface area contributed by atoms with Crippen LogP contribution in [0, 0.1) is 11.3 Å². The van der Waals surface area contributed by atoms with Crippen molar-refractivity contribution >= 4 is 17.4 Å². The summed E-state index contributed by atoms with van der Waals surface area (Å²) in [7, 11) is 0. The molecule has 0 bridgehead atoms. The van der Waals surface area contributed by atoms with Gasteiger partial charge in [-0.25, -0.2) is 4.98 Å². The van der Waals surface area contributed by atoms with E-state index in [1.807, 2.05) is 0 Å². The molecule has 0 unspecified atom stereocenters. The van der Waals surface area contributed by atoms with Gasteiger partial charge in [-0.2, -0.15) is 5.26 Å². The first-order chi connectivity index (χ1) is 5.24. The van der Waals surface area contributed by atoms with Crippen LogP contribution in [0.4, 0.5) is 0 Å². The van der Waals surface area contributed by atoms with E-state index < -0.39 is 5.78 Å². The number of halogens is 1. The first-order valence-corrected chi connectivity index (χ1v) is 3.18. The third kappa shape index (κ3) is 1.76. The fourth-order valence-corrected chi connectivity index (χ4v) is 0.686. The second-order valence-electron chi connectivity index (χ2n) is 1.81. The molecule has 1 rings (SSSR count). The van der Waals surface area contributed by atoms with Crippen molar-refractivity contribution in [1.82, 2.24) is 4.98 Å². The molecular formula is C7H3ClN2O. The van der Waals surface area contributed by atoms with Crippen LogP contribution in [-0.4, -0.2) is 10.8 Å². The normalized spacial score (nSPS) is 8.73. The SMILES string of the molecule is N#CC(=O)c1ccc(Cl)nc1. The van der Waals surface area contributed by atoms with E-state index in [2.05, 4.69) is 4.98 Å². The van der Waals surface area contributed by atoms with Crippen molar-refractivity contribution in [3.8, 4) is 6.07 Å². The summed E-state index contributed by atoms with van der Waals surface area (Å²) in [6, 6.07) is 4.40. The molecule has 0 spiro atoms. The van der Waals surface area contributed by atoms with Crippen LogP contribution in [0.25, 0.3) is 0 Å². The van der Waals surface area contributed by atoms with E-state index in [0.29, 0.717) is 5.15 Å². The van der Waals surface area contributed by atoms with Crippen LogP contribution in [0.2, 0.25) is 5.15 Å². The highest BCUT2D eigenvalue weighted by atomic mass is 35.5. The van der Waals surface area contributed by atoms with E-state index in [9.17, 15) is 4.79 Å². The molecule has 1 aromatic rings. The van der Waals surface area contributed by atoms with Gasteiger partial charge < -0.3 is 0 Å². The minimum absolute atomic E-state index is 0.261. The van der Waals surface area contributed by atoms with Crippen LogP contribution >= 0.6 is 11.6 Å². The van der Waals surface area contributed by atoms with Gasteiger partial charge >= 0.3 is 0 Å². The number of Topliss-reactive ketones (excluding diaryl/α,β-unsaturated/α-hetero) is 1. The molecule has 0 aliphatic rings. The Balaban J connectivity index is 3.01. The zero-order valence-corrected chi connectivity index (χ0v) is 6.17. The first-order valence-electron chi connectivity index (χ1n) is 2.80. The topological polar surface area (TPSA) is 53.8 Å². The molecule has 3 nitrogen and oxygen atoms in total. The molecule has 0 atom stereocenters. The van der Waals surface area contributed by atoms with Crippen LogP contribution in [0.5, 0.6) is 0 Å². The summed E-state index contributed by atoms with van der Waals surface area (Å²) in [5, 5.41) is 8.50. The van der Waals surface area contributed by atoms with Crippen molar-refractivity contribution in [1.29, 1.82) is 5.26 Å². The van der Waals surface area contributed by atoms with Crippen LogP contribution in [0.3, 0.4) is 0 Å². The molecule has 0 aliphatic carbocycles. The maximum atomic E-state index is 10.7. The number of pyridine rings is 1. The maximum Gasteiger partial charge on any atom is 0.263 e. The molecule has 0 amide bonds. The van der Waals surface area contributed by atoms with Crippen molar-refractivity contribution in [3.05, 3.63) is 29.0 Å². The van der Waals surface area contributed by atoms with Gasteiger partial charge in [0.1, 0.15) is 11.2 Å². The fourth-order valence-electron chi connectivity index (χ4n) is 0.575. The lowest BCUT2D eigenvalue weighted by molar-refractivity contribution is 0.105. The van der Waals surface area contributed by atoms with Gasteiger partial charge in [0.05, 0.1) is 5.56 Å². The molecule has 0 aromatic carbocycles. The number of nitrogens with zero attached hydrogens (tertiary/aromatic N) is 2. The highest BCUT2D eigenvalue weighted by Gasteiger charge is 2.02. The second kappa shape index (κ2) is 3.13. The standard InChI is InChI=1S/C7H3ClN2O/c8-7-2-1-5(4-10-7)6(11)3-9/h1-2,4H. The Morgan fingerprint density at radius 2 is 2.36 bits per heavy atom. The Bertz CT molecular complexity index is 312. The Morgan fingerprint density at radius 1 is 1.64 bits per heavy atom. The molecule has 1 heterocycles. The quantitative estimate of drug-likeness (QED) is 0.360. The van der Waals surface area contributed by atoms with Crippen LogP contribution in [0.1, 0.15) is 10.4 Å². The Kier molecular flexibility index (Phi) is 2.19. The van der Waals surface area contributed by atoms with Gasteiger partial charge in [0.15, 0.2) is 0 Å². The number of rotatable bonds is 1.